The minimum atomic E-state index is -3.44. The Morgan fingerprint density at radius 3 is 2.50 bits per heavy atom. The zero-order valence-electron chi connectivity index (χ0n) is 10.7. The Balaban J connectivity index is 2.76. The Bertz CT molecular complexity index is 317. The summed E-state index contributed by atoms with van der Waals surface area (Å²) in [6.07, 6.45) is -2.81. The van der Waals surface area contributed by atoms with E-state index in [0.29, 0.717) is 0 Å². The third-order valence-electron chi connectivity index (χ3n) is 2.62. The molecule has 5 nitrogen and oxygen atoms in total. The van der Waals surface area contributed by atoms with E-state index >= 15 is 0 Å². The molecule has 1 heterocycles. The minimum absolute atomic E-state index is 0.151. The number of halogens is 2. The minimum Gasteiger partial charge on any atom is -0.444 e. The molecule has 1 rings (SSSR count). The lowest BCUT2D eigenvalue weighted by molar-refractivity contribution is -0.177. The van der Waals surface area contributed by atoms with Crippen molar-refractivity contribution in [2.45, 2.75) is 38.4 Å². The van der Waals surface area contributed by atoms with Gasteiger partial charge in [-0.3, -0.25) is 0 Å². The summed E-state index contributed by atoms with van der Waals surface area (Å²) >= 11 is 0. The van der Waals surface area contributed by atoms with Crippen molar-refractivity contribution in [3.8, 4) is 0 Å². The Labute approximate surface area is 104 Å². The summed E-state index contributed by atoms with van der Waals surface area (Å²) in [7, 11) is 0. The summed E-state index contributed by atoms with van der Waals surface area (Å²) in [5, 5.41) is 18.3. The Kier molecular flexibility index (Phi) is 4.17. The zero-order valence-corrected chi connectivity index (χ0v) is 10.7. The number of nitrogens with zero attached hydrogens (tertiary/aromatic N) is 1. The van der Waals surface area contributed by atoms with Crippen molar-refractivity contribution in [1.29, 1.82) is 0 Å². The van der Waals surface area contributed by atoms with Crippen molar-refractivity contribution >= 4 is 6.09 Å². The standard InChI is InChI=1S/C11H19F2NO4/c1-10(2,3)18-9(17)14-4-7(5-15)8(16)11(12,13)6-14/h7-8,15-16H,4-6H2,1-3H3/t7-,8+/m1/s1. The second-order valence-electron chi connectivity index (χ2n) is 5.51. The van der Waals surface area contributed by atoms with Crippen LogP contribution in [0.5, 0.6) is 0 Å². The molecule has 7 heteroatoms. The normalized spacial score (nSPS) is 28.1. The topological polar surface area (TPSA) is 70.0 Å². The van der Waals surface area contributed by atoms with Gasteiger partial charge in [-0.1, -0.05) is 0 Å². The Morgan fingerprint density at radius 1 is 1.50 bits per heavy atom. The quantitative estimate of drug-likeness (QED) is 0.738. The molecular weight excluding hydrogens is 248 g/mol. The van der Waals surface area contributed by atoms with Gasteiger partial charge in [0.25, 0.3) is 5.92 Å². The molecule has 0 aromatic rings. The van der Waals surface area contributed by atoms with Crippen molar-refractivity contribution < 1.29 is 28.5 Å². The van der Waals surface area contributed by atoms with E-state index in [0.717, 1.165) is 4.90 Å². The van der Waals surface area contributed by atoms with E-state index in [1.807, 2.05) is 0 Å². The number of ether oxygens (including phenoxy) is 1. The predicted molar refractivity (Wildman–Crippen MR) is 59.3 cm³/mol. The number of aliphatic hydroxyl groups is 2. The molecule has 0 unspecified atom stereocenters. The highest BCUT2D eigenvalue weighted by molar-refractivity contribution is 5.68. The van der Waals surface area contributed by atoms with Crippen LogP contribution in [0.1, 0.15) is 20.8 Å². The summed E-state index contributed by atoms with van der Waals surface area (Å²) in [4.78, 5) is 12.5. The van der Waals surface area contributed by atoms with E-state index in [2.05, 4.69) is 0 Å². The fourth-order valence-electron chi connectivity index (χ4n) is 1.76. The summed E-state index contributed by atoms with van der Waals surface area (Å²) in [6.45, 7) is 3.22. The van der Waals surface area contributed by atoms with Crippen LogP contribution in [0.2, 0.25) is 0 Å². The molecule has 0 aliphatic carbocycles. The molecule has 1 saturated heterocycles. The molecule has 2 N–H and O–H groups in total. The number of amides is 1. The largest absolute Gasteiger partial charge is 0.444 e. The third-order valence-corrected chi connectivity index (χ3v) is 2.62. The number of hydrogen-bond donors (Lipinski definition) is 2. The fourth-order valence-corrected chi connectivity index (χ4v) is 1.76. The maximum absolute atomic E-state index is 13.5. The van der Waals surface area contributed by atoms with Gasteiger partial charge in [0.05, 0.1) is 13.2 Å². The monoisotopic (exact) mass is 267 g/mol. The predicted octanol–water partition coefficient (Wildman–Crippen LogP) is 0.842. The number of rotatable bonds is 1. The van der Waals surface area contributed by atoms with Gasteiger partial charge in [0.2, 0.25) is 0 Å². The first-order chi connectivity index (χ1) is 8.07. The molecule has 0 spiro atoms. The van der Waals surface area contributed by atoms with Crippen LogP contribution in [0.25, 0.3) is 0 Å². The summed E-state index contributed by atoms with van der Waals surface area (Å²) in [6, 6.07) is 0. The molecule has 1 aliphatic heterocycles. The first-order valence-electron chi connectivity index (χ1n) is 5.71. The summed E-state index contributed by atoms with van der Waals surface area (Å²) < 4.78 is 31.9. The number of likely N-dealkylation sites (tertiary alicyclic amines) is 1. The first kappa shape index (κ1) is 15.1. The molecular formula is C11H19F2NO4. The highest BCUT2D eigenvalue weighted by Gasteiger charge is 2.50. The number of carbonyl (C=O) groups is 1. The van der Waals surface area contributed by atoms with Crippen LogP contribution in [0.3, 0.4) is 0 Å². The smallest absolute Gasteiger partial charge is 0.410 e. The van der Waals surface area contributed by atoms with E-state index < -0.39 is 42.8 Å². The lowest BCUT2D eigenvalue weighted by atomic mass is 9.93. The first-order valence-corrected chi connectivity index (χ1v) is 5.71. The number of alkyl halides is 2. The number of carbonyl (C=O) groups excluding carboxylic acids is 1. The van der Waals surface area contributed by atoms with Crippen LogP contribution in [0.4, 0.5) is 13.6 Å². The van der Waals surface area contributed by atoms with Crippen LogP contribution < -0.4 is 0 Å². The SMILES string of the molecule is CC(C)(C)OC(=O)N1C[C@H](CO)[C@H](O)C(F)(F)C1. The van der Waals surface area contributed by atoms with Gasteiger partial charge in [0.15, 0.2) is 0 Å². The van der Waals surface area contributed by atoms with Gasteiger partial charge in [-0.05, 0) is 20.8 Å². The van der Waals surface area contributed by atoms with Crippen molar-refractivity contribution in [3.05, 3.63) is 0 Å². The van der Waals surface area contributed by atoms with E-state index in [1.165, 1.54) is 0 Å². The maximum Gasteiger partial charge on any atom is 0.410 e. The van der Waals surface area contributed by atoms with E-state index in [-0.39, 0.29) is 6.54 Å². The Morgan fingerprint density at radius 2 is 2.06 bits per heavy atom. The molecule has 0 bridgehead atoms. The second kappa shape index (κ2) is 4.97. The van der Waals surface area contributed by atoms with Crippen molar-refractivity contribution in [3.63, 3.8) is 0 Å². The van der Waals surface area contributed by atoms with Crippen LogP contribution in [0.15, 0.2) is 0 Å². The van der Waals surface area contributed by atoms with Crippen molar-refractivity contribution in [2.24, 2.45) is 5.92 Å². The number of hydrogen-bond acceptors (Lipinski definition) is 4. The van der Waals surface area contributed by atoms with Gasteiger partial charge in [-0.25, -0.2) is 13.6 Å². The maximum atomic E-state index is 13.5. The van der Waals surface area contributed by atoms with Gasteiger partial charge < -0.3 is 19.8 Å². The van der Waals surface area contributed by atoms with E-state index in [1.54, 1.807) is 20.8 Å². The molecule has 1 aliphatic rings. The van der Waals surface area contributed by atoms with E-state index in [9.17, 15) is 18.7 Å². The van der Waals surface area contributed by atoms with Gasteiger partial charge in [-0.2, -0.15) is 0 Å². The highest BCUT2D eigenvalue weighted by Crippen LogP contribution is 2.31. The van der Waals surface area contributed by atoms with Crippen LogP contribution in [-0.4, -0.2) is 58.5 Å². The average molecular weight is 267 g/mol. The lowest BCUT2D eigenvalue weighted by Gasteiger charge is -2.40. The number of aliphatic hydroxyl groups excluding tert-OH is 2. The fraction of sp³-hybridized carbons (Fsp3) is 0.909. The molecule has 0 aromatic heterocycles. The van der Waals surface area contributed by atoms with Gasteiger partial charge in [0.1, 0.15) is 11.7 Å². The molecule has 1 fully saturated rings. The van der Waals surface area contributed by atoms with Crippen LogP contribution >= 0.6 is 0 Å². The second-order valence-corrected chi connectivity index (χ2v) is 5.51. The number of piperidine rings is 1. The van der Waals surface area contributed by atoms with Crippen molar-refractivity contribution in [1.82, 2.24) is 4.90 Å². The third kappa shape index (κ3) is 3.52. The van der Waals surface area contributed by atoms with Gasteiger partial charge in [-0.15, -0.1) is 0 Å². The molecule has 0 radical (unpaired) electrons. The molecule has 18 heavy (non-hydrogen) atoms. The molecule has 106 valence electrons. The molecule has 1 amide bonds. The summed E-state index contributed by atoms with van der Waals surface area (Å²) in [5.74, 6) is -4.51. The van der Waals surface area contributed by atoms with Crippen LogP contribution in [-0.2, 0) is 4.74 Å². The highest BCUT2D eigenvalue weighted by atomic mass is 19.3. The van der Waals surface area contributed by atoms with Gasteiger partial charge >= 0.3 is 6.09 Å². The molecule has 0 saturated carbocycles. The zero-order chi connectivity index (χ0) is 14.1. The average Bonchev–Trinajstić information content (AvgIpc) is 2.19. The summed E-state index contributed by atoms with van der Waals surface area (Å²) in [5.41, 5.74) is -0.781. The van der Waals surface area contributed by atoms with Crippen LogP contribution in [0, 0.1) is 5.92 Å². The molecule has 0 aromatic carbocycles. The van der Waals surface area contributed by atoms with Crippen molar-refractivity contribution in [2.75, 3.05) is 19.7 Å². The van der Waals surface area contributed by atoms with E-state index in [4.69, 9.17) is 9.84 Å². The van der Waals surface area contributed by atoms with Gasteiger partial charge in [0, 0.05) is 12.5 Å². The lowest BCUT2D eigenvalue weighted by Crippen LogP contribution is -2.59. The molecule has 2 atom stereocenters. The Hall–Kier alpha value is -0.950.